The van der Waals surface area contributed by atoms with Crippen LogP contribution >= 0.6 is 0 Å². The van der Waals surface area contributed by atoms with Gasteiger partial charge < -0.3 is 14.6 Å². The second kappa shape index (κ2) is 5.63. The molecule has 138 valence electrons. The second-order valence-corrected chi connectivity index (χ2v) is 8.82. The molecule has 0 saturated heterocycles. The van der Waals surface area contributed by atoms with Crippen LogP contribution in [0.3, 0.4) is 0 Å². The van der Waals surface area contributed by atoms with Crippen LogP contribution in [0.25, 0.3) is 11.3 Å². The molecule has 0 aliphatic heterocycles. The van der Waals surface area contributed by atoms with Gasteiger partial charge in [-0.1, -0.05) is 27.2 Å². The zero-order valence-corrected chi connectivity index (χ0v) is 15.6. The number of hydrogen-bond donors (Lipinski definition) is 2. The Morgan fingerprint density at radius 3 is 2.62 bits per heavy atom. The van der Waals surface area contributed by atoms with Crippen molar-refractivity contribution in [3.8, 4) is 22.8 Å². The number of rotatable bonds is 2. The molecule has 1 aromatic carbocycles. The summed E-state index contributed by atoms with van der Waals surface area (Å²) in [6.07, 6.45) is 7.89. The zero-order valence-electron chi connectivity index (χ0n) is 15.6. The van der Waals surface area contributed by atoms with Crippen molar-refractivity contribution in [1.29, 1.82) is 0 Å². The summed E-state index contributed by atoms with van der Waals surface area (Å²) in [7, 11) is 0. The Balaban J connectivity index is 1.90. The van der Waals surface area contributed by atoms with E-state index < -0.39 is 0 Å². The van der Waals surface area contributed by atoms with Crippen molar-refractivity contribution in [2.45, 2.75) is 58.3 Å². The van der Waals surface area contributed by atoms with Gasteiger partial charge >= 0.3 is 0 Å². The van der Waals surface area contributed by atoms with Crippen LogP contribution in [0.15, 0.2) is 22.8 Å². The van der Waals surface area contributed by atoms with Crippen LogP contribution in [0, 0.1) is 11.3 Å². The Morgan fingerprint density at radius 2 is 1.88 bits per heavy atom. The molecule has 4 rings (SSSR count). The molecule has 2 aliphatic carbocycles. The van der Waals surface area contributed by atoms with Gasteiger partial charge in [0.2, 0.25) is 0 Å². The molecule has 1 aromatic heterocycles. The van der Waals surface area contributed by atoms with Crippen LogP contribution in [0.1, 0.15) is 67.9 Å². The number of fused-ring (bicyclic) bond motifs is 3. The smallest absolute Gasteiger partial charge is 0.154 e. The molecule has 26 heavy (non-hydrogen) atoms. The molecule has 4 nitrogen and oxygen atoms in total. The third-order valence-electron chi connectivity index (χ3n) is 6.97. The molecule has 2 aromatic rings. The van der Waals surface area contributed by atoms with Crippen molar-refractivity contribution in [2.24, 2.45) is 11.3 Å². The first-order chi connectivity index (χ1) is 12.3. The Hall–Kier alpha value is -2.23. The largest absolute Gasteiger partial charge is 0.507 e. The standard InChI is InChI=1S/C22H26O4/c1-21(2)9-4-10-22(3)15-12-26-20(13(15)5-8-18(21)22)19-14(11-23)16(24)6-7-17(19)25/h6-7,11-12,18,24-25H,4-5,8-10H2,1-3H3/t18-,22+/m0/s1. The maximum atomic E-state index is 11.5. The fourth-order valence-electron chi connectivity index (χ4n) is 5.72. The van der Waals surface area contributed by atoms with Crippen molar-refractivity contribution in [3.05, 3.63) is 35.1 Å². The van der Waals surface area contributed by atoms with E-state index >= 15 is 0 Å². The SMILES string of the molecule is CC1(C)CCC[C@]2(C)c3coc(-c4c(O)ccc(O)c4C=O)c3CC[C@@H]12. The molecular weight excluding hydrogens is 328 g/mol. The molecule has 0 bridgehead atoms. The van der Waals surface area contributed by atoms with Crippen LogP contribution in [0.5, 0.6) is 11.5 Å². The number of aldehydes is 1. The van der Waals surface area contributed by atoms with Gasteiger partial charge in [-0.25, -0.2) is 0 Å². The van der Waals surface area contributed by atoms with Gasteiger partial charge in [0, 0.05) is 11.1 Å². The maximum Gasteiger partial charge on any atom is 0.154 e. The van der Waals surface area contributed by atoms with Gasteiger partial charge in [0.15, 0.2) is 6.29 Å². The number of benzene rings is 1. The third kappa shape index (κ3) is 2.24. The minimum absolute atomic E-state index is 0.0432. The number of hydrogen-bond acceptors (Lipinski definition) is 4. The lowest BCUT2D eigenvalue weighted by atomic mass is 9.51. The summed E-state index contributed by atoms with van der Waals surface area (Å²) in [5.74, 6) is 0.929. The summed E-state index contributed by atoms with van der Waals surface area (Å²) < 4.78 is 5.93. The normalized spacial score (nSPS) is 26.8. The molecule has 1 saturated carbocycles. The lowest BCUT2D eigenvalue weighted by molar-refractivity contribution is 0.0409. The first-order valence-electron chi connectivity index (χ1n) is 9.41. The first-order valence-corrected chi connectivity index (χ1v) is 9.41. The summed E-state index contributed by atoms with van der Waals surface area (Å²) >= 11 is 0. The highest BCUT2D eigenvalue weighted by Crippen LogP contribution is 2.58. The molecule has 0 unspecified atom stereocenters. The topological polar surface area (TPSA) is 70.7 Å². The summed E-state index contributed by atoms with van der Waals surface area (Å²) in [6.45, 7) is 7.07. The van der Waals surface area contributed by atoms with E-state index in [1.807, 2.05) is 6.26 Å². The fraction of sp³-hybridized carbons (Fsp3) is 0.500. The predicted molar refractivity (Wildman–Crippen MR) is 99.7 cm³/mol. The highest BCUT2D eigenvalue weighted by molar-refractivity contribution is 5.93. The molecule has 2 N–H and O–H groups in total. The predicted octanol–water partition coefficient (Wildman–Crippen LogP) is 5.20. The highest BCUT2D eigenvalue weighted by atomic mass is 16.3. The Labute approximate surface area is 153 Å². The van der Waals surface area contributed by atoms with Crippen molar-refractivity contribution >= 4 is 6.29 Å². The van der Waals surface area contributed by atoms with Gasteiger partial charge in [-0.2, -0.15) is 0 Å². The van der Waals surface area contributed by atoms with Gasteiger partial charge in [-0.05, 0) is 54.6 Å². The van der Waals surface area contributed by atoms with Crippen molar-refractivity contribution in [2.75, 3.05) is 0 Å². The number of phenols is 2. The number of carbonyl (C=O) groups is 1. The van der Waals surface area contributed by atoms with Crippen molar-refractivity contribution < 1.29 is 19.4 Å². The number of furan rings is 1. The molecule has 4 heteroatoms. The molecular formula is C22H26O4. The zero-order chi connectivity index (χ0) is 18.7. The quantitative estimate of drug-likeness (QED) is 0.574. The highest BCUT2D eigenvalue weighted by Gasteiger charge is 2.51. The molecule has 0 spiro atoms. The van der Waals surface area contributed by atoms with Crippen LogP contribution in [0.4, 0.5) is 0 Å². The molecule has 0 amide bonds. The maximum absolute atomic E-state index is 11.5. The Bertz CT molecular complexity index is 877. The van der Waals surface area contributed by atoms with E-state index in [1.165, 1.54) is 30.5 Å². The molecule has 1 heterocycles. The number of carbonyl (C=O) groups excluding carboxylic acids is 1. The van der Waals surface area contributed by atoms with E-state index in [2.05, 4.69) is 20.8 Å². The Kier molecular flexibility index (Phi) is 3.73. The number of phenolic OH excluding ortho intramolecular Hbond substituents is 2. The minimum atomic E-state index is -0.142. The average Bonchev–Trinajstić information content (AvgIpc) is 3.01. The number of aromatic hydroxyl groups is 2. The van der Waals surface area contributed by atoms with Crippen molar-refractivity contribution in [1.82, 2.24) is 0 Å². The Morgan fingerprint density at radius 1 is 1.15 bits per heavy atom. The lowest BCUT2D eigenvalue weighted by Gasteiger charge is -2.53. The van der Waals surface area contributed by atoms with Crippen LogP contribution in [0.2, 0.25) is 0 Å². The van der Waals surface area contributed by atoms with Gasteiger partial charge in [0.05, 0.1) is 17.4 Å². The molecule has 2 atom stereocenters. The lowest BCUT2D eigenvalue weighted by Crippen LogP contribution is -2.47. The third-order valence-corrected chi connectivity index (χ3v) is 6.97. The van der Waals surface area contributed by atoms with Gasteiger partial charge in [-0.15, -0.1) is 0 Å². The summed E-state index contributed by atoms with van der Waals surface area (Å²) in [5, 5.41) is 20.4. The van der Waals surface area contributed by atoms with Crippen LogP contribution in [-0.4, -0.2) is 16.5 Å². The van der Waals surface area contributed by atoms with E-state index in [9.17, 15) is 15.0 Å². The van der Waals surface area contributed by atoms with E-state index in [0.717, 1.165) is 24.8 Å². The van der Waals surface area contributed by atoms with Gasteiger partial charge in [-0.3, -0.25) is 4.79 Å². The van der Waals surface area contributed by atoms with E-state index in [4.69, 9.17) is 4.42 Å². The molecule has 1 fully saturated rings. The summed E-state index contributed by atoms with van der Waals surface area (Å²) in [4.78, 5) is 11.5. The van der Waals surface area contributed by atoms with Crippen LogP contribution in [-0.2, 0) is 11.8 Å². The van der Waals surface area contributed by atoms with E-state index in [-0.39, 0.29) is 22.5 Å². The summed E-state index contributed by atoms with van der Waals surface area (Å²) in [6, 6.07) is 2.74. The molecule has 2 aliphatic rings. The van der Waals surface area contributed by atoms with E-state index in [0.29, 0.717) is 28.9 Å². The second-order valence-electron chi connectivity index (χ2n) is 8.82. The van der Waals surface area contributed by atoms with E-state index in [1.54, 1.807) is 0 Å². The fourth-order valence-corrected chi connectivity index (χ4v) is 5.72. The first kappa shape index (κ1) is 17.2. The average molecular weight is 354 g/mol. The van der Waals surface area contributed by atoms with Crippen molar-refractivity contribution in [3.63, 3.8) is 0 Å². The van der Waals surface area contributed by atoms with Crippen LogP contribution < -0.4 is 0 Å². The van der Waals surface area contributed by atoms with Gasteiger partial charge in [0.25, 0.3) is 0 Å². The minimum Gasteiger partial charge on any atom is -0.507 e. The summed E-state index contributed by atoms with van der Waals surface area (Å²) in [5.41, 5.74) is 3.01. The van der Waals surface area contributed by atoms with Gasteiger partial charge in [0.1, 0.15) is 17.3 Å². The molecule has 0 radical (unpaired) electrons. The monoisotopic (exact) mass is 354 g/mol.